The van der Waals surface area contributed by atoms with Gasteiger partial charge in [-0.15, -0.1) is 11.3 Å². The van der Waals surface area contributed by atoms with Gasteiger partial charge in [-0.1, -0.05) is 58.9 Å². The third-order valence-corrected chi connectivity index (χ3v) is 14.2. The molecule has 1 spiro atoms. The van der Waals surface area contributed by atoms with Crippen molar-refractivity contribution in [1.82, 2.24) is 25.8 Å². The number of rotatable bonds is 12. The van der Waals surface area contributed by atoms with Gasteiger partial charge in [0.05, 0.1) is 34.9 Å². The van der Waals surface area contributed by atoms with E-state index < -0.39 is 59.2 Å². The number of aliphatic hydroxyl groups is 1. The van der Waals surface area contributed by atoms with Crippen LogP contribution in [-0.4, -0.2) is 100 Å². The second-order valence-electron chi connectivity index (χ2n) is 18.5. The van der Waals surface area contributed by atoms with Crippen molar-refractivity contribution in [3.8, 4) is 10.4 Å². The first kappa shape index (κ1) is 43.4. The van der Waals surface area contributed by atoms with Gasteiger partial charge in [0, 0.05) is 51.2 Å². The highest BCUT2D eigenvalue weighted by molar-refractivity contribution is 7.13. The summed E-state index contributed by atoms with van der Waals surface area (Å²) < 4.78 is 18.5. The van der Waals surface area contributed by atoms with Gasteiger partial charge in [-0.05, 0) is 67.4 Å². The molecule has 8 rings (SSSR count). The molecule has 4 N–H and O–H groups in total. The van der Waals surface area contributed by atoms with E-state index in [0.717, 1.165) is 47.4 Å². The summed E-state index contributed by atoms with van der Waals surface area (Å²) in [5.41, 5.74) is 3.33. The topological polar surface area (TPSA) is 187 Å². The van der Waals surface area contributed by atoms with Crippen molar-refractivity contribution in [2.45, 2.75) is 142 Å². The van der Waals surface area contributed by atoms with Crippen LogP contribution in [0.5, 0.6) is 0 Å². The Labute approximate surface area is 350 Å². The maximum atomic E-state index is 14.0. The monoisotopic (exact) mass is 839 g/mol. The Morgan fingerprint density at radius 3 is 2.54 bits per heavy atom. The van der Waals surface area contributed by atoms with Gasteiger partial charge in [-0.2, -0.15) is 0 Å². The molecule has 1 aromatic heterocycles. The van der Waals surface area contributed by atoms with E-state index >= 15 is 0 Å². The molecule has 16 heteroatoms. The van der Waals surface area contributed by atoms with Gasteiger partial charge >= 0.3 is 6.09 Å². The number of aliphatic hydroxyl groups excluding tert-OH is 1. The second kappa shape index (κ2) is 17.4. The number of alkyl carbamates (subject to hydrolysis) is 1. The Morgan fingerprint density at radius 1 is 1.07 bits per heavy atom. The van der Waals surface area contributed by atoms with Crippen molar-refractivity contribution in [2.75, 3.05) is 19.7 Å². The normalized spacial score (nSPS) is 33.1. The summed E-state index contributed by atoms with van der Waals surface area (Å²) in [4.78, 5) is 72.2. The number of thiazole rings is 1. The summed E-state index contributed by atoms with van der Waals surface area (Å²) in [6, 6.07) is 5.96. The molecule has 4 amide bonds. The molecule has 0 radical (unpaired) electrons. The molecule has 1 saturated carbocycles. The summed E-state index contributed by atoms with van der Waals surface area (Å²) in [6.45, 7) is 14.1. The van der Waals surface area contributed by atoms with Gasteiger partial charge < -0.3 is 40.2 Å². The van der Waals surface area contributed by atoms with Gasteiger partial charge in [0.15, 0.2) is 11.9 Å². The molecular weight excluding hydrogens is 779 g/mol. The highest BCUT2D eigenvalue weighted by atomic mass is 32.1. The lowest BCUT2D eigenvalue weighted by Gasteiger charge is -2.60. The molecule has 324 valence electrons. The Morgan fingerprint density at radius 2 is 1.83 bits per heavy atom. The minimum atomic E-state index is -0.989. The average molecular weight is 840 g/mol. The highest BCUT2D eigenvalue weighted by Crippen LogP contribution is 2.60. The van der Waals surface area contributed by atoms with E-state index in [0.29, 0.717) is 12.3 Å². The van der Waals surface area contributed by atoms with Crippen LogP contribution in [0.3, 0.4) is 0 Å². The van der Waals surface area contributed by atoms with Crippen LogP contribution in [0.4, 0.5) is 4.79 Å². The van der Waals surface area contributed by atoms with Gasteiger partial charge in [-0.25, -0.2) is 19.6 Å². The number of aryl methyl sites for hydroxylation is 1. The van der Waals surface area contributed by atoms with Gasteiger partial charge in [0.2, 0.25) is 23.5 Å². The maximum absolute atomic E-state index is 14.0. The SMILES string of the molecule is Cc1ncsc1-c1ccc(CNC(=O)[C@@H]2C[C@@H](O)CN2C(=O)[C@@H](NC(=O)CCNC(=O)OCC[C@H]2O[C@@H]3O[C@@]4(C)CC[C@H]5[C@H](C)CC[C@@H]([C@H]2C)[C@@]35OO4)C(C)(C)C)cc1. The standard InChI is InChI=1S/C43H61N5O10S/c1-24-8-13-31-25(2)33(55-39-43(31)30(24)14-17-42(7,56-39)57-58-43)16-19-54-40(53)44-18-15-34(50)47-36(41(4,5)6)38(52)48-22-29(49)20-32(48)37(51)45-21-27-9-11-28(12-10-27)35-26(3)46-23-59-35/h9-12,23-25,29-33,36,39,49H,8,13-22H2,1-7H3,(H,44,53)(H,45,51)(H,47,50)/t24-,25-,29-,30+,31+,32+,33-,36-,39-,42-,43-/m1/s1. The number of hydrogen-bond acceptors (Lipinski definition) is 12. The zero-order valence-electron chi connectivity index (χ0n) is 35.3. The number of benzene rings is 1. The zero-order valence-corrected chi connectivity index (χ0v) is 36.1. The smallest absolute Gasteiger partial charge is 0.407 e. The van der Waals surface area contributed by atoms with Crippen LogP contribution in [0.15, 0.2) is 29.8 Å². The predicted molar refractivity (Wildman–Crippen MR) is 217 cm³/mol. The van der Waals surface area contributed by atoms with E-state index in [-0.39, 0.29) is 68.8 Å². The fraction of sp³-hybridized carbons (Fsp3) is 0.698. The molecule has 1 aliphatic carbocycles. The number of hydrogen-bond donors (Lipinski definition) is 4. The molecule has 15 nitrogen and oxygen atoms in total. The Balaban J connectivity index is 0.864. The molecule has 11 atom stereocenters. The number of nitrogens with zero attached hydrogens (tertiary/aromatic N) is 2. The van der Waals surface area contributed by atoms with E-state index in [2.05, 4.69) is 34.8 Å². The van der Waals surface area contributed by atoms with Crippen LogP contribution in [0.1, 0.15) is 97.7 Å². The summed E-state index contributed by atoms with van der Waals surface area (Å²) in [6.07, 6.45) is 1.90. The number of likely N-dealkylation sites (tertiary alicyclic amines) is 1. The van der Waals surface area contributed by atoms with Crippen molar-refractivity contribution in [3.05, 3.63) is 41.0 Å². The molecule has 59 heavy (non-hydrogen) atoms. The van der Waals surface area contributed by atoms with Crippen molar-refractivity contribution in [2.24, 2.45) is 29.1 Å². The quantitative estimate of drug-likeness (QED) is 0.211. The Hall–Kier alpha value is -3.67. The lowest BCUT2D eigenvalue weighted by Crippen LogP contribution is -2.70. The second-order valence-corrected chi connectivity index (χ2v) is 19.3. The zero-order chi connectivity index (χ0) is 42.3. The van der Waals surface area contributed by atoms with Crippen LogP contribution in [0.2, 0.25) is 0 Å². The largest absolute Gasteiger partial charge is 0.449 e. The number of fused-ring (bicyclic) bond motifs is 2. The molecule has 2 bridgehead atoms. The van der Waals surface area contributed by atoms with E-state index in [1.54, 1.807) is 11.3 Å². The third-order valence-electron chi connectivity index (χ3n) is 13.3. The number of nitrogens with one attached hydrogen (secondary N) is 3. The summed E-state index contributed by atoms with van der Waals surface area (Å²) in [5, 5.41) is 19.0. The molecule has 0 unspecified atom stereocenters. The van der Waals surface area contributed by atoms with Gasteiger partial charge in [0.25, 0.3) is 0 Å². The molecule has 5 saturated heterocycles. The predicted octanol–water partition coefficient (Wildman–Crippen LogP) is 4.98. The van der Waals surface area contributed by atoms with E-state index in [4.69, 9.17) is 24.0 Å². The minimum Gasteiger partial charge on any atom is -0.449 e. The number of ether oxygens (including phenoxy) is 3. The highest BCUT2D eigenvalue weighted by Gasteiger charge is 2.69. The number of carbonyl (C=O) groups is 4. The van der Waals surface area contributed by atoms with Gasteiger partial charge in [0.1, 0.15) is 12.1 Å². The molecule has 5 aliphatic heterocycles. The Kier molecular flexibility index (Phi) is 12.8. The molecule has 6 aliphatic rings. The van der Waals surface area contributed by atoms with Crippen molar-refractivity contribution < 1.29 is 48.3 Å². The number of aromatic nitrogens is 1. The van der Waals surface area contributed by atoms with E-state index in [1.165, 1.54) is 4.90 Å². The first-order valence-corrected chi connectivity index (χ1v) is 22.0. The summed E-state index contributed by atoms with van der Waals surface area (Å²) in [7, 11) is 0. The average Bonchev–Trinajstić information content (AvgIpc) is 3.73. The molecule has 6 heterocycles. The van der Waals surface area contributed by atoms with Crippen molar-refractivity contribution in [1.29, 1.82) is 0 Å². The maximum Gasteiger partial charge on any atom is 0.407 e. The van der Waals surface area contributed by atoms with Crippen molar-refractivity contribution >= 4 is 35.2 Å². The molecule has 1 aromatic carbocycles. The van der Waals surface area contributed by atoms with Crippen molar-refractivity contribution in [3.63, 3.8) is 0 Å². The molecular formula is C43H61N5O10S. The summed E-state index contributed by atoms with van der Waals surface area (Å²) in [5.74, 6) is -1.12. The van der Waals surface area contributed by atoms with E-state index in [1.807, 2.05) is 64.4 Å². The molecule has 2 aromatic rings. The minimum absolute atomic E-state index is 0.0136. The Bertz CT molecular complexity index is 1850. The van der Waals surface area contributed by atoms with E-state index in [9.17, 15) is 24.3 Å². The first-order valence-electron chi connectivity index (χ1n) is 21.1. The first-order chi connectivity index (χ1) is 28.0. The fourth-order valence-electron chi connectivity index (χ4n) is 9.92. The summed E-state index contributed by atoms with van der Waals surface area (Å²) >= 11 is 1.57. The lowest BCUT2D eigenvalue weighted by atomic mass is 9.57. The van der Waals surface area contributed by atoms with Gasteiger partial charge in [-0.3, -0.25) is 14.4 Å². The van der Waals surface area contributed by atoms with Crippen LogP contribution >= 0.6 is 11.3 Å². The number of β-amino-alcohol motifs (C(OH)–C–C–N with tert-alkyl or cyclic N) is 1. The third kappa shape index (κ3) is 9.03. The molecule has 6 fully saturated rings. The number of amides is 4. The fourth-order valence-corrected chi connectivity index (χ4v) is 10.7. The lowest BCUT2D eigenvalue weighted by molar-refractivity contribution is -0.571. The van der Waals surface area contributed by atoms with Crippen LogP contribution in [0, 0.1) is 36.0 Å². The van der Waals surface area contributed by atoms with Crippen LogP contribution in [0.25, 0.3) is 10.4 Å². The van der Waals surface area contributed by atoms with Crippen LogP contribution in [-0.2, 0) is 44.9 Å². The number of carbonyl (C=O) groups excluding carboxylic acids is 4. The van der Waals surface area contributed by atoms with Crippen LogP contribution < -0.4 is 16.0 Å².